The molecule has 0 bridgehead atoms. The highest BCUT2D eigenvalue weighted by atomic mass is 15.5. The fraction of sp³-hybridized carbons (Fsp3) is 0.200. The van der Waals surface area contributed by atoms with Gasteiger partial charge >= 0.3 is 0 Å². The zero-order valence-corrected chi connectivity index (χ0v) is 13.7. The van der Waals surface area contributed by atoms with Crippen LogP contribution >= 0.6 is 0 Å². The molecule has 2 aromatic carbocycles. The van der Waals surface area contributed by atoms with Crippen LogP contribution in [0.1, 0.15) is 16.8 Å². The van der Waals surface area contributed by atoms with E-state index in [2.05, 4.69) is 92.1 Å². The maximum absolute atomic E-state index is 2.29. The fourth-order valence-corrected chi connectivity index (χ4v) is 2.79. The van der Waals surface area contributed by atoms with Crippen molar-refractivity contribution in [3.8, 4) is 11.3 Å². The minimum atomic E-state index is 1.18. The SMILES string of the molecule is Cc1ccc(-c2cc(C)c(C)n2N(C)c2ccccc2)cc1. The second kappa shape index (κ2) is 5.72. The predicted molar refractivity (Wildman–Crippen MR) is 94.3 cm³/mol. The first-order valence-corrected chi connectivity index (χ1v) is 7.63. The van der Waals surface area contributed by atoms with Gasteiger partial charge < -0.3 is 0 Å². The topological polar surface area (TPSA) is 8.17 Å². The molecule has 2 heteroatoms. The molecule has 0 N–H and O–H groups in total. The molecule has 0 unspecified atom stereocenters. The highest BCUT2D eigenvalue weighted by Gasteiger charge is 2.15. The van der Waals surface area contributed by atoms with E-state index in [-0.39, 0.29) is 0 Å². The fourth-order valence-electron chi connectivity index (χ4n) is 2.79. The number of hydrogen-bond donors (Lipinski definition) is 0. The number of nitrogens with zero attached hydrogens (tertiary/aromatic N) is 2. The van der Waals surface area contributed by atoms with Gasteiger partial charge in [0, 0.05) is 18.3 Å². The summed E-state index contributed by atoms with van der Waals surface area (Å²) < 4.78 is 2.29. The lowest BCUT2D eigenvalue weighted by molar-refractivity contribution is 0.759. The number of hydrogen-bond acceptors (Lipinski definition) is 1. The van der Waals surface area contributed by atoms with Gasteiger partial charge in [-0.15, -0.1) is 0 Å². The van der Waals surface area contributed by atoms with Crippen molar-refractivity contribution in [2.24, 2.45) is 0 Å². The first-order chi connectivity index (χ1) is 10.6. The third kappa shape index (κ3) is 2.52. The van der Waals surface area contributed by atoms with Crippen LogP contribution in [0.25, 0.3) is 11.3 Å². The van der Waals surface area contributed by atoms with Crippen molar-refractivity contribution in [2.45, 2.75) is 20.8 Å². The zero-order chi connectivity index (χ0) is 15.7. The Hall–Kier alpha value is -2.48. The molecular weight excluding hydrogens is 268 g/mol. The van der Waals surface area contributed by atoms with Crippen LogP contribution in [-0.2, 0) is 0 Å². The summed E-state index contributed by atoms with van der Waals surface area (Å²) in [4.78, 5) is 0. The number of aryl methyl sites for hydroxylation is 2. The van der Waals surface area contributed by atoms with Crippen LogP contribution < -0.4 is 5.01 Å². The van der Waals surface area contributed by atoms with Crippen LogP contribution in [0.5, 0.6) is 0 Å². The van der Waals surface area contributed by atoms with Crippen molar-refractivity contribution in [1.29, 1.82) is 0 Å². The van der Waals surface area contributed by atoms with E-state index >= 15 is 0 Å². The van der Waals surface area contributed by atoms with Gasteiger partial charge in [0.2, 0.25) is 0 Å². The van der Waals surface area contributed by atoms with Crippen LogP contribution in [0.3, 0.4) is 0 Å². The summed E-state index contributed by atoms with van der Waals surface area (Å²) >= 11 is 0. The number of para-hydroxylation sites is 1. The summed E-state index contributed by atoms with van der Waals surface area (Å²) in [5.74, 6) is 0. The molecule has 0 atom stereocenters. The predicted octanol–water partition coefficient (Wildman–Crippen LogP) is 4.98. The molecule has 0 saturated carbocycles. The summed E-state index contributed by atoms with van der Waals surface area (Å²) in [5, 5.41) is 2.21. The summed E-state index contributed by atoms with van der Waals surface area (Å²) in [6, 6.07) is 21.4. The van der Waals surface area contributed by atoms with Crippen molar-refractivity contribution in [1.82, 2.24) is 4.68 Å². The van der Waals surface area contributed by atoms with Crippen molar-refractivity contribution in [3.05, 3.63) is 77.5 Å². The molecule has 0 fully saturated rings. The molecule has 0 aliphatic carbocycles. The Morgan fingerprint density at radius 1 is 0.818 bits per heavy atom. The van der Waals surface area contributed by atoms with Crippen molar-refractivity contribution < 1.29 is 0 Å². The molecule has 1 heterocycles. The number of aromatic nitrogens is 1. The quantitative estimate of drug-likeness (QED) is 0.660. The van der Waals surface area contributed by atoms with Gasteiger partial charge in [0.25, 0.3) is 0 Å². The average Bonchev–Trinajstić information content (AvgIpc) is 2.84. The van der Waals surface area contributed by atoms with Crippen molar-refractivity contribution >= 4 is 5.69 Å². The van der Waals surface area contributed by atoms with Crippen molar-refractivity contribution in [3.63, 3.8) is 0 Å². The van der Waals surface area contributed by atoms with Gasteiger partial charge in [-0.05, 0) is 44.5 Å². The molecule has 0 spiro atoms. The van der Waals surface area contributed by atoms with E-state index in [0.29, 0.717) is 0 Å². The van der Waals surface area contributed by atoms with E-state index in [1.165, 1.54) is 33.8 Å². The molecular formula is C20H22N2. The van der Waals surface area contributed by atoms with Gasteiger partial charge in [0.15, 0.2) is 0 Å². The maximum Gasteiger partial charge on any atom is 0.0704 e. The van der Waals surface area contributed by atoms with Gasteiger partial charge in [-0.3, -0.25) is 9.69 Å². The Balaban J connectivity index is 2.13. The average molecular weight is 290 g/mol. The molecule has 1 aromatic heterocycles. The van der Waals surface area contributed by atoms with E-state index in [9.17, 15) is 0 Å². The smallest absolute Gasteiger partial charge is 0.0704 e. The summed E-state index contributed by atoms with van der Waals surface area (Å²) in [6.45, 7) is 6.46. The van der Waals surface area contributed by atoms with Crippen LogP contribution in [0.2, 0.25) is 0 Å². The van der Waals surface area contributed by atoms with E-state index in [1.54, 1.807) is 0 Å². The molecule has 22 heavy (non-hydrogen) atoms. The van der Waals surface area contributed by atoms with Gasteiger partial charge in [0.1, 0.15) is 0 Å². The highest BCUT2D eigenvalue weighted by molar-refractivity contribution is 5.65. The third-order valence-electron chi connectivity index (χ3n) is 4.25. The lowest BCUT2D eigenvalue weighted by Crippen LogP contribution is -2.26. The van der Waals surface area contributed by atoms with Crippen molar-refractivity contribution in [2.75, 3.05) is 12.1 Å². The minimum absolute atomic E-state index is 1.18. The summed E-state index contributed by atoms with van der Waals surface area (Å²) in [7, 11) is 2.11. The molecule has 3 aromatic rings. The zero-order valence-electron chi connectivity index (χ0n) is 13.7. The normalized spacial score (nSPS) is 10.7. The Morgan fingerprint density at radius 2 is 1.45 bits per heavy atom. The number of benzene rings is 2. The van der Waals surface area contributed by atoms with E-state index < -0.39 is 0 Å². The minimum Gasteiger partial charge on any atom is -0.284 e. The van der Waals surface area contributed by atoms with Gasteiger partial charge in [-0.25, -0.2) is 0 Å². The Kier molecular flexibility index (Phi) is 3.76. The largest absolute Gasteiger partial charge is 0.284 e. The van der Waals surface area contributed by atoms with E-state index in [0.717, 1.165) is 0 Å². The standard InChI is InChI=1S/C20H22N2/c1-15-10-12-18(13-11-15)20-14-16(2)17(3)22(20)21(4)19-8-6-5-7-9-19/h5-14H,1-4H3. The molecule has 112 valence electrons. The first kappa shape index (κ1) is 14.5. The van der Waals surface area contributed by atoms with E-state index in [1.807, 2.05) is 6.07 Å². The van der Waals surface area contributed by atoms with Gasteiger partial charge in [-0.2, -0.15) is 0 Å². The highest BCUT2D eigenvalue weighted by Crippen LogP contribution is 2.28. The van der Waals surface area contributed by atoms with Gasteiger partial charge in [0.05, 0.1) is 11.4 Å². The lowest BCUT2D eigenvalue weighted by Gasteiger charge is -2.25. The lowest BCUT2D eigenvalue weighted by atomic mass is 10.1. The first-order valence-electron chi connectivity index (χ1n) is 7.63. The molecule has 0 aliphatic rings. The number of rotatable bonds is 3. The van der Waals surface area contributed by atoms with E-state index in [4.69, 9.17) is 0 Å². The number of anilines is 1. The Bertz CT molecular complexity index is 767. The molecule has 3 rings (SSSR count). The molecule has 0 aliphatic heterocycles. The molecule has 0 radical (unpaired) electrons. The monoisotopic (exact) mass is 290 g/mol. The second-order valence-corrected chi connectivity index (χ2v) is 5.83. The molecule has 0 amide bonds. The Morgan fingerprint density at radius 3 is 2.09 bits per heavy atom. The second-order valence-electron chi connectivity index (χ2n) is 5.83. The molecule has 0 saturated heterocycles. The van der Waals surface area contributed by atoms with Crippen LogP contribution in [0.4, 0.5) is 5.69 Å². The van der Waals surface area contributed by atoms with Crippen LogP contribution in [-0.4, -0.2) is 11.7 Å². The third-order valence-corrected chi connectivity index (χ3v) is 4.25. The van der Waals surface area contributed by atoms with Crippen LogP contribution in [0, 0.1) is 20.8 Å². The summed E-state index contributed by atoms with van der Waals surface area (Å²) in [6.07, 6.45) is 0. The Labute approximate surface area is 132 Å². The van der Waals surface area contributed by atoms with Crippen LogP contribution in [0.15, 0.2) is 60.7 Å². The summed E-state index contributed by atoms with van der Waals surface area (Å²) in [5.41, 5.74) is 7.49. The maximum atomic E-state index is 2.29. The molecule has 2 nitrogen and oxygen atoms in total. The van der Waals surface area contributed by atoms with Gasteiger partial charge in [-0.1, -0.05) is 48.0 Å².